The number of hydrogen-bond acceptors (Lipinski definition) is 4. The van der Waals surface area contributed by atoms with Crippen LogP contribution in [0.5, 0.6) is 0 Å². The van der Waals surface area contributed by atoms with Gasteiger partial charge in [-0.05, 0) is 17.6 Å². The van der Waals surface area contributed by atoms with Crippen molar-refractivity contribution in [1.29, 1.82) is 0 Å². The molecule has 2 atom stereocenters. The maximum Gasteiger partial charge on any atom is 0.337 e. The van der Waals surface area contributed by atoms with E-state index < -0.39 is 0 Å². The number of fused-ring (bicyclic) bond motifs is 1. The van der Waals surface area contributed by atoms with E-state index >= 15 is 0 Å². The van der Waals surface area contributed by atoms with Gasteiger partial charge in [-0.1, -0.05) is 31.2 Å². The van der Waals surface area contributed by atoms with Crippen molar-refractivity contribution in [3.8, 4) is 0 Å². The molecule has 4 nitrogen and oxygen atoms in total. The third-order valence-electron chi connectivity index (χ3n) is 3.52. The zero-order valence-electron chi connectivity index (χ0n) is 11.2. The van der Waals surface area contributed by atoms with E-state index in [0.29, 0.717) is 11.1 Å². The molecule has 0 heterocycles. The van der Waals surface area contributed by atoms with E-state index in [2.05, 4.69) is 0 Å². The van der Waals surface area contributed by atoms with Crippen LogP contribution in [-0.2, 0) is 19.1 Å². The molecular formula is C15H16O4. The van der Waals surface area contributed by atoms with E-state index in [1.807, 2.05) is 19.1 Å². The van der Waals surface area contributed by atoms with Crippen molar-refractivity contribution in [2.75, 3.05) is 14.2 Å². The van der Waals surface area contributed by atoms with Crippen molar-refractivity contribution in [2.24, 2.45) is 11.8 Å². The molecule has 0 aromatic rings. The van der Waals surface area contributed by atoms with E-state index in [1.165, 1.54) is 14.2 Å². The number of ether oxygens (including phenoxy) is 2. The number of hydrogen-bond donors (Lipinski definition) is 0. The van der Waals surface area contributed by atoms with E-state index in [1.54, 1.807) is 18.2 Å². The summed E-state index contributed by atoms with van der Waals surface area (Å²) >= 11 is 0. The van der Waals surface area contributed by atoms with Crippen molar-refractivity contribution >= 4 is 11.9 Å². The molecule has 100 valence electrons. The van der Waals surface area contributed by atoms with Gasteiger partial charge < -0.3 is 9.47 Å². The Kier molecular flexibility index (Phi) is 3.69. The average molecular weight is 260 g/mol. The molecule has 2 aliphatic carbocycles. The highest BCUT2D eigenvalue weighted by molar-refractivity contribution is 5.93. The Balaban J connectivity index is 2.33. The molecule has 0 aromatic carbocycles. The predicted molar refractivity (Wildman–Crippen MR) is 70.1 cm³/mol. The first kappa shape index (κ1) is 13.3. The van der Waals surface area contributed by atoms with Crippen LogP contribution in [-0.4, -0.2) is 26.2 Å². The van der Waals surface area contributed by atoms with Crippen molar-refractivity contribution in [1.82, 2.24) is 0 Å². The maximum atomic E-state index is 11.6. The van der Waals surface area contributed by atoms with Crippen LogP contribution in [0.3, 0.4) is 0 Å². The van der Waals surface area contributed by atoms with E-state index in [0.717, 1.165) is 5.57 Å². The molecule has 19 heavy (non-hydrogen) atoms. The Hall–Kier alpha value is -2.10. The molecule has 2 unspecified atom stereocenters. The zero-order valence-corrected chi connectivity index (χ0v) is 11.2. The Bertz CT molecular complexity index is 534. The molecule has 0 bridgehead atoms. The molecule has 0 N–H and O–H groups in total. The van der Waals surface area contributed by atoms with Gasteiger partial charge in [0.25, 0.3) is 0 Å². The van der Waals surface area contributed by atoms with Crippen LogP contribution in [0.2, 0.25) is 0 Å². The number of rotatable bonds is 2. The molecule has 2 rings (SSSR count). The normalized spacial score (nSPS) is 24.7. The van der Waals surface area contributed by atoms with Crippen LogP contribution in [0.15, 0.2) is 47.1 Å². The quantitative estimate of drug-likeness (QED) is 0.712. The van der Waals surface area contributed by atoms with E-state index in [9.17, 15) is 9.59 Å². The van der Waals surface area contributed by atoms with E-state index in [4.69, 9.17) is 9.47 Å². The Morgan fingerprint density at radius 2 is 1.79 bits per heavy atom. The average Bonchev–Trinajstić information content (AvgIpc) is 2.45. The minimum atomic E-state index is -0.356. The third-order valence-corrected chi connectivity index (χ3v) is 3.52. The SMILES string of the molecule is COC(=O)C1=CC2=CC=C(C(=O)OC)C(C)C2C=C1. The Morgan fingerprint density at radius 1 is 1.11 bits per heavy atom. The van der Waals surface area contributed by atoms with Crippen LogP contribution in [0.1, 0.15) is 6.92 Å². The van der Waals surface area contributed by atoms with Gasteiger partial charge in [-0.25, -0.2) is 9.59 Å². The summed E-state index contributed by atoms with van der Waals surface area (Å²) in [6.45, 7) is 1.97. The van der Waals surface area contributed by atoms with Gasteiger partial charge in [0.2, 0.25) is 0 Å². The fraction of sp³-hybridized carbons (Fsp3) is 0.333. The molecule has 0 saturated carbocycles. The third kappa shape index (κ3) is 2.38. The van der Waals surface area contributed by atoms with Crippen LogP contribution in [0.4, 0.5) is 0 Å². The summed E-state index contributed by atoms with van der Waals surface area (Å²) in [5.41, 5.74) is 2.17. The molecule has 0 amide bonds. The second-order valence-electron chi connectivity index (χ2n) is 4.55. The van der Waals surface area contributed by atoms with Gasteiger partial charge in [0.1, 0.15) is 0 Å². The van der Waals surface area contributed by atoms with Crippen molar-refractivity contribution in [2.45, 2.75) is 6.92 Å². The summed E-state index contributed by atoms with van der Waals surface area (Å²) in [6, 6.07) is 0. The summed E-state index contributed by atoms with van der Waals surface area (Å²) in [6.07, 6.45) is 9.08. The van der Waals surface area contributed by atoms with Crippen molar-refractivity contribution in [3.05, 3.63) is 47.1 Å². The lowest BCUT2D eigenvalue weighted by Crippen LogP contribution is -2.24. The smallest absolute Gasteiger partial charge is 0.337 e. The second-order valence-corrected chi connectivity index (χ2v) is 4.55. The Labute approximate surface area is 112 Å². The number of carbonyl (C=O) groups is 2. The summed E-state index contributed by atoms with van der Waals surface area (Å²) < 4.78 is 9.46. The molecule has 0 saturated heterocycles. The monoisotopic (exact) mass is 260 g/mol. The van der Waals surface area contributed by atoms with Crippen LogP contribution in [0, 0.1) is 11.8 Å². The molecule has 0 fully saturated rings. The lowest BCUT2D eigenvalue weighted by Gasteiger charge is -2.29. The summed E-state index contributed by atoms with van der Waals surface area (Å²) in [5.74, 6) is -0.545. The fourth-order valence-electron chi connectivity index (χ4n) is 2.40. The standard InChI is InChI=1S/C15H16O4/c1-9-12-6-5-11(14(16)18-2)8-10(12)4-7-13(9)15(17)19-3/h4-9,12H,1-3H3. The maximum absolute atomic E-state index is 11.6. The second kappa shape index (κ2) is 5.26. The molecule has 0 radical (unpaired) electrons. The number of esters is 2. The number of allylic oxidation sites excluding steroid dienone is 5. The first-order valence-corrected chi connectivity index (χ1v) is 6.06. The van der Waals surface area contributed by atoms with Crippen LogP contribution in [0.25, 0.3) is 0 Å². The highest BCUT2D eigenvalue weighted by Gasteiger charge is 2.30. The first-order valence-electron chi connectivity index (χ1n) is 6.06. The van der Waals surface area contributed by atoms with Crippen LogP contribution >= 0.6 is 0 Å². The largest absolute Gasteiger partial charge is 0.466 e. The lowest BCUT2D eigenvalue weighted by atomic mass is 9.75. The minimum Gasteiger partial charge on any atom is -0.466 e. The van der Waals surface area contributed by atoms with E-state index in [-0.39, 0.29) is 23.8 Å². The first-order chi connectivity index (χ1) is 9.08. The fourth-order valence-corrected chi connectivity index (χ4v) is 2.40. The van der Waals surface area contributed by atoms with Crippen LogP contribution < -0.4 is 0 Å². The summed E-state index contributed by atoms with van der Waals surface area (Å²) in [5, 5.41) is 0. The number of carbonyl (C=O) groups excluding carboxylic acids is 2. The molecule has 4 heteroatoms. The van der Waals surface area contributed by atoms with Gasteiger partial charge in [-0.15, -0.1) is 0 Å². The van der Waals surface area contributed by atoms with Gasteiger partial charge in [-0.2, -0.15) is 0 Å². The minimum absolute atomic E-state index is 0.0270. The highest BCUT2D eigenvalue weighted by atomic mass is 16.5. The van der Waals surface area contributed by atoms with Gasteiger partial charge in [0, 0.05) is 11.5 Å². The Morgan fingerprint density at radius 3 is 2.42 bits per heavy atom. The van der Waals surface area contributed by atoms with Gasteiger partial charge in [-0.3, -0.25) is 0 Å². The van der Waals surface area contributed by atoms with Gasteiger partial charge in [0.05, 0.1) is 19.8 Å². The summed E-state index contributed by atoms with van der Waals surface area (Å²) in [4.78, 5) is 23.1. The molecule has 0 aliphatic heterocycles. The topological polar surface area (TPSA) is 52.6 Å². The van der Waals surface area contributed by atoms with Crippen molar-refractivity contribution < 1.29 is 19.1 Å². The molecule has 0 aromatic heterocycles. The molecular weight excluding hydrogens is 244 g/mol. The zero-order chi connectivity index (χ0) is 14.0. The molecule has 2 aliphatic rings. The van der Waals surface area contributed by atoms with Gasteiger partial charge >= 0.3 is 11.9 Å². The molecule has 0 spiro atoms. The predicted octanol–water partition coefficient (Wildman–Crippen LogP) is 1.95. The highest BCUT2D eigenvalue weighted by Crippen LogP contribution is 2.36. The lowest BCUT2D eigenvalue weighted by molar-refractivity contribution is -0.137. The number of methoxy groups -OCH3 is 2. The van der Waals surface area contributed by atoms with Crippen molar-refractivity contribution in [3.63, 3.8) is 0 Å². The summed E-state index contributed by atoms with van der Waals surface area (Å²) in [7, 11) is 2.73. The van der Waals surface area contributed by atoms with Gasteiger partial charge in [0.15, 0.2) is 0 Å².